The summed E-state index contributed by atoms with van der Waals surface area (Å²) in [6, 6.07) is 17.2. The van der Waals surface area contributed by atoms with Crippen LogP contribution in [-0.2, 0) is 10.0 Å². The summed E-state index contributed by atoms with van der Waals surface area (Å²) in [5.41, 5.74) is 2.33. The Hall–Kier alpha value is -3.13. The van der Waals surface area contributed by atoms with Gasteiger partial charge >= 0.3 is 0 Å². The van der Waals surface area contributed by atoms with E-state index < -0.39 is 15.9 Å². The molecule has 128 valence electrons. The normalized spacial score (nSPS) is 11.1. The number of carbonyl (C=O) groups is 1. The third kappa shape index (κ3) is 4.45. The van der Waals surface area contributed by atoms with Crippen LogP contribution < -0.4 is 10.0 Å². The molecule has 25 heavy (non-hydrogen) atoms. The van der Waals surface area contributed by atoms with Crippen molar-refractivity contribution in [1.82, 2.24) is 5.16 Å². The fraction of sp³-hybridized carbons (Fsp3) is 0.0588. The standard InChI is InChI=1S/C17H15N3O4S/c1-25(22,23)20-14-9-7-13(8-10-14)18-17(21)16-11-15(19-24-16)12-5-3-2-4-6-12/h2-11,20H,1H3,(H,18,21). The summed E-state index contributed by atoms with van der Waals surface area (Å²) >= 11 is 0. The molecule has 0 spiro atoms. The fourth-order valence-electron chi connectivity index (χ4n) is 2.16. The molecule has 0 aliphatic carbocycles. The molecule has 7 nitrogen and oxygen atoms in total. The first kappa shape index (κ1) is 16.7. The van der Waals surface area contributed by atoms with Gasteiger partial charge in [-0.3, -0.25) is 9.52 Å². The molecule has 0 aliphatic rings. The Morgan fingerprint density at radius 3 is 2.28 bits per heavy atom. The van der Waals surface area contributed by atoms with Gasteiger partial charge < -0.3 is 9.84 Å². The lowest BCUT2D eigenvalue weighted by Crippen LogP contribution is -2.12. The van der Waals surface area contributed by atoms with Gasteiger partial charge in [-0.2, -0.15) is 0 Å². The van der Waals surface area contributed by atoms with Crippen LogP contribution in [0.15, 0.2) is 65.2 Å². The molecule has 3 rings (SSSR count). The molecule has 0 saturated heterocycles. The average Bonchev–Trinajstić information content (AvgIpc) is 3.06. The van der Waals surface area contributed by atoms with Crippen molar-refractivity contribution in [2.24, 2.45) is 0 Å². The van der Waals surface area contributed by atoms with Crippen molar-refractivity contribution in [2.45, 2.75) is 0 Å². The number of benzene rings is 2. The van der Waals surface area contributed by atoms with Gasteiger partial charge in [0.05, 0.1) is 6.26 Å². The van der Waals surface area contributed by atoms with Crippen molar-refractivity contribution in [3.05, 3.63) is 66.4 Å². The maximum Gasteiger partial charge on any atom is 0.294 e. The predicted molar refractivity (Wildman–Crippen MR) is 94.8 cm³/mol. The lowest BCUT2D eigenvalue weighted by molar-refractivity contribution is 0.0988. The van der Waals surface area contributed by atoms with E-state index in [9.17, 15) is 13.2 Å². The molecular weight excluding hydrogens is 342 g/mol. The molecule has 0 radical (unpaired) electrons. The van der Waals surface area contributed by atoms with E-state index in [1.54, 1.807) is 30.3 Å². The monoisotopic (exact) mass is 357 g/mol. The van der Waals surface area contributed by atoms with Gasteiger partial charge in [-0.25, -0.2) is 8.42 Å². The number of anilines is 2. The van der Waals surface area contributed by atoms with Crippen molar-refractivity contribution in [2.75, 3.05) is 16.3 Å². The van der Waals surface area contributed by atoms with Gasteiger partial charge in [-0.15, -0.1) is 0 Å². The predicted octanol–water partition coefficient (Wildman–Crippen LogP) is 2.97. The van der Waals surface area contributed by atoms with E-state index >= 15 is 0 Å². The molecule has 0 bridgehead atoms. The van der Waals surface area contributed by atoms with Crippen LogP contribution in [0.25, 0.3) is 11.3 Å². The summed E-state index contributed by atoms with van der Waals surface area (Å²) in [7, 11) is -3.34. The minimum Gasteiger partial charge on any atom is -0.350 e. The number of rotatable bonds is 5. The third-order valence-corrected chi connectivity index (χ3v) is 3.86. The number of nitrogens with one attached hydrogen (secondary N) is 2. The van der Waals surface area contributed by atoms with Gasteiger partial charge in [-0.05, 0) is 24.3 Å². The SMILES string of the molecule is CS(=O)(=O)Nc1ccc(NC(=O)c2cc(-c3ccccc3)no2)cc1. The van der Waals surface area contributed by atoms with E-state index in [2.05, 4.69) is 15.2 Å². The molecule has 1 heterocycles. The van der Waals surface area contributed by atoms with Crippen molar-refractivity contribution in [3.8, 4) is 11.3 Å². The fourth-order valence-corrected chi connectivity index (χ4v) is 2.72. The van der Waals surface area contributed by atoms with Gasteiger partial charge in [0.15, 0.2) is 0 Å². The quantitative estimate of drug-likeness (QED) is 0.731. The highest BCUT2D eigenvalue weighted by atomic mass is 32.2. The molecule has 2 N–H and O–H groups in total. The maximum atomic E-state index is 12.2. The highest BCUT2D eigenvalue weighted by Gasteiger charge is 2.14. The first-order valence-electron chi connectivity index (χ1n) is 7.32. The first-order valence-corrected chi connectivity index (χ1v) is 9.21. The number of hydrogen-bond donors (Lipinski definition) is 2. The highest BCUT2D eigenvalue weighted by Crippen LogP contribution is 2.20. The van der Waals surface area contributed by atoms with E-state index in [0.29, 0.717) is 17.1 Å². The van der Waals surface area contributed by atoms with Gasteiger partial charge in [0.1, 0.15) is 5.69 Å². The van der Waals surface area contributed by atoms with E-state index in [1.165, 1.54) is 0 Å². The Kier molecular flexibility index (Phi) is 4.53. The Labute approximate surface area is 144 Å². The number of hydrogen-bond acceptors (Lipinski definition) is 5. The molecule has 0 fully saturated rings. The Bertz CT molecular complexity index is 980. The van der Waals surface area contributed by atoms with Crippen LogP contribution in [-0.4, -0.2) is 25.7 Å². The van der Waals surface area contributed by atoms with Gasteiger partial charge in [0, 0.05) is 23.0 Å². The number of aromatic nitrogens is 1. The molecular formula is C17H15N3O4S. The van der Waals surface area contributed by atoms with E-state index in [4.69, 9.17) is 4.52 Å². The zero-order valence-electron chi connectivity index (χ0n) is 13.3. The van der Waals surface area contributed by atoms with Crippen LogP contribution in [0, 0.1) is 0 Å². The Morgan fingerprint density at radius 1 is 1.00 bits per heavy atom. The molecule has 0 atom stereocenters. The average molecular weight is 357 g/mol. The summed E-state index contributed by atoms with van der Waals surface area (Å²) in [5.74, 6) is -0.365. The zero-order chi connectivity index (χ0) is 17.9. The van der Waals surface area contributed by atoms with Gasteiger partial charge in [-0.1, -0.05) is 35.5 Å². The van der Waals surface area contributed by atoms with E-state index in [1.807, 2.05) is 30.3 Å². The van der Waals surface area contributed by atoms with Gasteiger partial charge in [0.2, 0.25) is 15.8 Å². The van der Waals surface area contributed by atoms with Crippen LogP contribution in [0.5, 0.6) is 0 Å². The second-order valence-electron chi connectivity index (χ2n) is 5.35. The number of carbonyl (C=O) groups excluding carboxylic acids is 1. The topological polar surface area (TPSA) is 101 Å². The largest absolute Gasteiger partial charge is 0.350 e. The van der Waals surface area contributed by atoms with E-state index in [0.717, 1.165) is 11.8 Å². The summed E-state index contributed by atoms with van der Waals surface area (Å²) in [4.78, 5) is 12.2. The van der Waals surface area contributed by atoms with Crippen LogP contribution in [0.4, 0.5) is 11.4 Å². The Morgan fingerprint density at radius 2 is 1.64 bits per heavy atom. The van der Waals surface area contributed by atoms with Crippen molar-refractivity contribution < 1.29 is 17.7 Å². The first-order chi connectivity index (χ1) is 11.9. The summed E-state index contributed by atoms with van der Waals surface area (Å²) in [6.07, 6.45) is 1.07. The summed E-state index contributed by atoms with van der Waals surface area (Å²) < 4.78 is 29.8. The smallest absolute Gasteiger partial charge is 0.294 e. The highest BCUT2D eigenvalue weighted by molar-refractivity contribution is 7.92. The van der Waals surface area contributed by atoms with Crippen molar-refractivity contribution >= 4 is 27.3 Å². The lowest BCUT2D eigenvalue weighted by atomic mass is 10.1. The van der Waals surface area contributed by atoms with Crippen molar-refractivity contribution in [1.29, 1.82) is 0 Å². The molecule has 0 saturated carbocycles. The molecule has 1 aromatic heterocycles. The van der Waals surface area contributed by atoms with Crippen LogP contribution in [0.3, 0.4) is 0 Å². The lowest BCUT2D eigenvalue weighted by Gasteiger charge is -2.06. The number of nitrogens with zero attached hydrogens (tertiary/aromatic N) is 1. The second kappa shape index (κ2) is 6.78. The minimum absolute atomic E-state index is 0.0807. The van der Waals surface area contributed by atoms with Crippen molar-refractivity contribution in [3.63, 3.8) is 0 Å². The van der Waals surface area contributed by atoms with Gasteiger partial charge in [0.25, 0.3) is 5.91 Å². The van der Waals surface area contributed by atoms with Crippen LogP contribution >= 0.6 is 0 Å². The summed E-state index contributed by atoms with van der Waals surface area (Å²) in [6.45, 7) is 0. The summed E-state index contributed by atoms with van der Waals surface area (Å²) in [5, 5.41) is 6.55. The van der Waals surface area contributed by atoms with Crippen LogP contribution in [0.2, 0.25) is 0 Å². The van der Waals surface area contributed by atoms with Crippen LogP contribution in [0.1, 0.15) is 10.6 Å². The molecule has 0 unspecified atom stereocenters. The molecule has 8 heteroatoms. The Balaban J connectivity index is 1.69. The number of sulfonamides is 1. The second-order valence-corrected chi connectivity index (χ2v) is 7.10. The molecule has 2 aromatic carbocycles. The number of amides is 1. The molecule has 3 aromatic rings. The van der Waals surface area contributed by atoms with E-state index in [-0.39, 0.29) is 5.76 Å². The maximum absolute atomic E-state index is 12.2. The minimum atomic E-state index is -3.34. The molecule has 0 aliphatic heterocycles. The zero-order valence-corrected chi connectivity index (χ0v) is 14.1. The molecule has 1 amide bonds. The third-order valence-electron chi connectivity index (χ3n) is 3.25.